The van der Waals surface area contributed by atoms with Crippen molar-refractivity contribution in [3.05, 3.63) is 34.3 Å². The van der Waals surface area contributed by atoms with Crippen molar-refractivity contribution in [2.75, 3.05) is 7.05 Å². The molecule has 0 bridgehead atoms. The van der Waals surface area contributed by atoms with Crippen molar-refractivity contribution >= 4 is 15.9 Å². The Morgan fingerprint density at radius 1 is 1.25 bits per heavy atom. The van der Waals surface area contributed by atoms with Gasteiger partial charge in [-0.2, -0.15) is 0 Å². The van der Waals surface area contributed by atoms with E-state index in [4.69, 9.17) is 0 Å². The largest absolute Gasteiger partial charge is 0.316 e. The molecule has 1 aliphatic rings. The highest BCUT2D eigenvalue weighted by Crippen LogP contribution is 2.34. The molecule has 1 fully saturated rings. The first kappa shape index (κ1) is 16.0. The number of likely N-dealkylation sites (N-methyl/N-ethyl adjacent to an activating group) is 1. The lowest BCUT2D eigenvalue weighted by atomic mass is 9.76. The van der Waals surface area contributed by atoms with E-state index < -0.39 is 0 Å². The molecule has 1 unspecified atom stereocenters. The summed E-state index contributed by atoms with van der Waals surface area (Å²) in [6, 6.07) is 9.38. The summed E-state index contributed by atoms with van der Waals surface area (Å²) in [5.74, 6) is 1.85. The second kappa shape index (κ2) is 8.19. The predicted molar refractivity (Wildman–Crippen MR) is 91.0 cm³/mol. The zero-order valence-electron chi connectivity index (χ0n) is 12.9. The van der Waals surface area contributed by atoms with Gasteiger partial charge in [-0.05, 0) is 55.8 Å². The van der Waals surface area contributed by atoms with Crippen LogP contribution in [0.15, 0.2) is 28.7 Å². The Hall–Kier alpha value is -0.340. The molecule has 0 aromatic heterocycles. The lowest BCUT2D eigenvalue weighted by Gasteiger charge is -2.34. The van der Waals surface area contributed by atoms with E-state index >= 15 is 0 Å². The van der Waals surface area contributed by atoms with E-state index in [0.717, 1.165) is 18.3 Å². The zero-order chi connectivity index (χ0) is 14.4. The molecular weight excluding hydrogens is 310 g/mol. The molecule has 0 heterocycles. The molecule has 0 radical (unpaired) electrons. The van der Waals surface area contributed by atoms with Crippen LogP contribution in [0.4, 0.5) is 0 Å². The Morgan fingerprint density at radius 2 is 2.00 bits per heavy atom. The van der Waals surface area contributed by atoms with Crippen LogP contribution in [0.3, 0.4) is 0 Å². The first-order valence-electron chi connectivity index (χ1n) is 8.14. The van der Waals surface area contributed by atoms with E-state index in [-0.39, 0.29) is 0 Å². The van der Waals surface area contributed by atoms with Crippen molar-refractivity contribution in [3.8, 4) is 0 Å². The van der Waals surface area contributed by atoms with Gasteiger partial charge in [0.2, 0.25) is 0 Å². The molecular formula is C18H28BrN. The van der Waals surface area contributed by atoms with Gasteiger partial charge in [-0.1, -0.05) is 60.7 Å². The van der Waals surface area contributed by atoms with Gasteiger partial charge in [0.1, 0.15) is 0 Å². The summed E-state index contributed by atoms with van der Waals surface area (Å²) in [5, 5.41) is 3.57. The number of nitrogens with one attached hydrogen (secondary N) is 1. The molecule has 112 valence electrons. The van der Waals surface area contributed by atoms with Crippen molar-refractivity contribution in [1.82, 2.24) is 5.32 Å². The maximum Gasteiger partial charge on any atom is 0.0178 e. The molecule has 0 saturated heterocycles. The molecule has 1 atom stereocenters. The van der Waals surface area contributed by atoms with Crippen LogP contribution in [0, 0.1) is 11.8 Å². The van der Waals surface area contributed by atoms with E-state index in [1.807, 2.05) is 0 Å². The van der Waals surface area contributed by atoms with E-state index in [2.05, 4.69) is 59.5 Å². The molecule has 1 aromatic rings. The van der Waals surface area contributed by atoms with Gasteiger partial charge >= 0.3 is 0 Å². The predicted octanol–water partition coefficient (Wildman–Crippen LogP) is 5.19. The topological polar surface area (TPSA) is 12.0 Å². The lowest BCUT2D eigenvalue weighted by Crippen LogP contribution is -2.37. The molecule has 2 rings (SSSR count). The Morgan fingerprint density at radius 3 is 2.60 bits per heavy atom. The summed E-state index contributed by atoms with van der Waals surface area (Å²) in [6.45, 7) is 2.32. The average molecular weight is 338 g/mol. The van der Waals surface area contributed by atoms with Crippen LogP contribution < -0.4 is 5.32 Å². The molecule has 1 aliphatic carbocycles. The van der Waals surface area contributed by atoms with Crippen molar-refractivity contribution < 1.29 is 0 Å². The smallest absolute Gasteiger partial charge is 0.0178 e. The fourth-order valence-corrected chi connectivity index (χ4v) is 4.16. The maximum absolute atomic E-state index is 3.57. The van der Waals surface area contributed by atoms with Crippen LogP contribution in [-0.2, 0) is 6.42 Å². The summed E-state index contributed by atoms with van der Waals surface area (Å²) < 4.78 is 1.19. The van der Waals surface area contributed by atoms with Gasteiger partial charge < -0.3 is 5.32 Å². The van der Waals surface area contributed by atoms with Gasteiger partial charge in [0, 0.05) is 10.5 Å². The Labute approximate surface area is 132 Å². The van der Waals surface area contributed by atoms with E-state index in [1.165, 1.54) is 48.6 Å². The van der Waals surface area contributed by atoms with Crippen LogP contribution in [0.5, 0.6) is 0 Å². The summed E-state index contributed by atoms with van der Waals surface area (Å²) in [4.78, 5) is 0. The van der Waals surface area contributed by atoms with Crippen molar-refractivity contribution in [2.24, 2.45) is 11.8 Å². The normalized spacial score (nSPS) is 24.6. The maximum atomic E-state index is 3.57. The van der Waals surface area contributed by atoms with Gasteiger partial charge in [0.05, 0.1) is 0 Å². The lowest BCUT2D eigenvalue weighted by molar-refractivity contribution is 0.217. The fraction of sp³-hybridized carbons (Fsp3) is 0.667. The molecule has 1 nitrogen and oxygen atoms in total. The van der Waals surface area contributed by atoms with Crippen molar-refractivity contribution in [1.29, 1.82) is 0 Å². The first-order chi connectivity index (χ1) is 9.72. The molecule has 1 N–H and O–H groups in total. The molecule has 1 saturated carbocycles. The van der Waals surface area contributed by atoms with Gasteiger partial charge in [-0.25, -0.2) is 0 Å². The average Bonchev–Trinajstić information content (AvgIpc) is 2.46. The van der Waals surface area contributed by atoms with Crippen molar-refractivity contribution in [2.45, 2.75) is 57.9 Å². The Balaban J connectivity index is 1.89. The van der Waals surface area contributed by atoms with Gasteiger partial charge in [-0.3, -0.25) is 0 Å². The van der Waals surface area contributed by atoms with Crippen LogP contribution >= 0.6 is 15.9 Å². The standard InChI is InChI=1S/C18H28BrN/c1-3-5-14-8-10-16(11-9-14)18(20-2)13-15-6-4-7-17(19)12-15/h4,6-7,12,14,16,18,20H,3,5,8-11,13H2,1-2H3. The van der Waals surface area contributed by atoms with Gasteiger partial charge in [0.15, 0.2) is 0 Å². The zero-order valence-corrected chi connectivity index (χ0v) is 14.5. The number of halogens is 1. The molecule has 1 aromatic carbocycles. The second-order valence-corrected chi connectivity index (χ2v) is 7.21. The van der Waals surface area contributed by atoms with Crippen LogP contribution in [0.2, 0.25) is 0 Å². The summed E-state index contributed by atoms with van der Waals surface area (Å²) in [5.41, 5.74) is 1.44. The third-order valence-corrected chi connectivity index (χ3v) is 5.37. The fourth-order valence-electron chi connectivity index (χ4n) is 3.71. The van der Waals surface area contributed by atoms with E-state index in [9.17, 15) is 0 Å². The SMILES string of the molecule is CCCC1CCC(C(Cc2cccc(Br)c2)NC)CC1. The number of hydrogen-bond acceptors (Lipinski definition) is 1. The minimum absolute atomic E-state index is 0.631. The summed E-state index contributed by atoms with van der Waals surface area (Å²) >= 11 is 3.57. The van der Waals surface area contributed by atoms with E-state index in [1.54, 1.807) is 0 Å². The number of hydrogen-bond donors (Lipinski definition) is 1. The third-order valence-electron chi connectivity index (χ3n) is 4.87. The highest BCUT2D eigenvalue weighted by atomic mass is 79.9. The first-order valence-corrected chi connectivity index (χ1v) is 8.94. The molecule has 0 spiro atoms. The second-order valence-electron chi connectivity index (χ2n) is 6.30. The summed E-state index contributed by atoms with van der Waals surface area (Å²) in [6.07, 6.45) is 9.63. The Bertz CT molecular complexity index is 396. The number of benzene rings is 1. The molecule has 20 heavy (non-hydrogen) atoms. The number of rotatable bonds is 6. The van der Waals surface area contributed by atoms with E-state index in [0.29, 0.717) is 6.04 Å². The highest BCUT2D eigenvalue weighted by molar-refractivity contribution is 9.10. The minimum atomic E-state index is 0.631. The van der Waals surface area contributed by atoms with Crippen molar-refractivity contribution in [3.63, 3.8) is 0 Å². The monoisotopic (exact) mass is 337 g/mol. The quantitative estimate of drug-likeness (QED) is 0.753. The van der Waals surface area contributed by atoms with Gasteiger partial charge in [0.25, 0.3) is 0 Å². The molecule has 2 heteroatoms. The highest BCUT2D eigenvalue weighted by Gasteiger charge is 2.26. The van der Waals surface area contributed by atoms with Crippen LogP contribution in [-0.4, -0.2) is 13.1 Å². The minimum Gasteiger partial charge on any atom is -0.316 e. The summed E-state index contributed by atoms with van der Waals surface area (Å²) in [7, 11) is 2.13. The van der Waals surface area contributed by atoms with Gasteiger partial charge in [-0.15, -0.1) is 0 Å². The Kier molecular flexibility index (Phi) is 6.57. The molecule has 0 aliphatic heterocycles. The molecule has 0 amide bonds. The van der Waals surface area contributed by atoms with Crippen LogP contribution in [0.1, 0.15) is 51.0 Å². The van der Waals surface area contributed by atoms with Crippen LogP contribution in [0.25, 0.3) is 0 Å². The third kappa shape index (κ3) is 4.60.